The minimum atomic E-state index is -0.307. The van der Waals surface area contributed by atoms with Crippen LogP contribution in [0.3, 0.4) is 0 Å². The van der Waals surface area contributed by atoms with Crippen molar-refractivity contribution in [1.82, 2.24) is 5.32 Å². The maximum atomic E-state index is 10.7. The topological polar surface area (TPSA) is 38.3 Å². The summed E-state index contributed by atoms with van der Waals surface area (Å²) in [6.07, 6.45) is 2.61. The van der Waals surface area contributed by atoms with Crippen molar-refractivity contribution in [3.63, 3.8) is 0 Å². The Balaban J connectivity index is 2.46. The molecule has 0 aromatic carbocycles. The molecule has 1 fully saturated rings. The summed E-state index contributed by atoms with van der Waals surface area (Å²) in [4.78, 5) is 10.7. The predicted octanol–water partition coefficient (Wildman–Crippen LogP) is 1.45. The van der Waals surface area contributed by atoms with Crippen LogP contribution in [0.1, 0.15) is 20.3 Å². The van der Waals surface area contributed by atoms with Gasteiger partial charge in [-0.05, 0) is 13.8 Å². The Hall–Kier alpha value is -0.990. The van der Waals surface area contributed by atoms with E-state index in [1.54, 1.807) is 0 Å². The van der Waals surface area contributed by atoms with E-state index in [2.05, 4.69) is 5.32 Å². The van der Waals surface area contributed by atoms with Gasteiger partial charge in [-0.2, -0.15) is 0 Å². The van der Waals surface area contributed by atoms with Crippen LogP contribution in [0, 0.1) is 0 Å². The number of carbonyl (C=O) groups excluding carboxylic acids is 1. The summed E-state index contributed by atoms with van der Waals surface area (Å²) in [7, 11) is 0. The van der Waals surface area contributed by atoms with Gasteiger partial charge in [-0.25, -0.2) is 4.79 Å². The molecule has 0 spiro atoms. The Morgan fingerprint density at radius 2 is 2.45 bits per heavy atom. The molecule has 3 heteroatoms. The highest BCUT2D eigenvalue weighted by Gasteiger charge is 2.16. The Morgan fingerprint density at radius 1 is 1.73 bits per heavy atom. The lowest BCUT2D eigenvalue weighted by molar-refractivity contribution is 0.121. The standard InChI is InChI=1S/C8H13NO2/c1-6(2)5-7-3-4-11-8(10)9-7/h5,7H,3-4H2,1-2H3,(H,9,10)/t7-/m0/s1. The molecule has 1 N–H and O–H groups in total. The fraction of sp³-hybridized carbons (Fsp3) is 0.625. The average molecular weight is 155 g/mol. The molecule has 0 unspecified atom stereocenters. The average Bonchev–Trinajstić information content (AvgIpc) is 1.85. The van der Waals surface area contributed by atoms with Gasteiger partial charge in [-0.15, -0.1) is 0 Å². The zero-order chi connectivity index (χ0) is 8.27. The van der Waals surface area contributed by atoms with Gasteiger partial charge in [0.2, 0.25) is 0 Å². The number of amides is 1. The molecule has 1 saturated heterocycles. The lowest BCUT2D eigenvalue weighted by atomic mass is 10.1. The van der Waals surface area contributed by atoms with E-state index in [1.165, 1.54) is 5.57 Å². The van der Waals surface area contributed by atoms with Gasteiger partial charge >= 0.3 is 6.09 Å². The first kappa shape index (κ1) is 8.11. The quantitative estimate of drug-likeness (QED) is 0.582. The van der Waals surface area contributed by atoms with E-state index in [0.29, 0.717) is 6.61 Å². The third-order valence-corrected chi connectivity index (χ3v) is 1.50. The van der Waals surface area contributed by atoms with Crippen molar-refractivity contribution in [3.05, 3.63) is 11.6 Å². The highest BCUT2D eigenvalue weighted by Crippen LogP contribution is 2.04. The summed E-state index contributed by atoms with van der Waals surface area (Å²) in [5.74, 6) is 0. The van der Waals surface area contributed by atoms with Crippen LogP contribution in [0.2, 0.25) is 0 Å². The van der Waals surface area contributed by atoms with Crippen molar-refractivity contribution in [2.24, 2.45) is 0 Å². The van der Waals surface area contributed by atoms with Crippen molar-refractivity contribution in [2.45, 2.75) is 26.3 Å². The van der Waals surface area contributed by atoms with E-state index in [9.17, 15) is 4.79 Å². The van der Waals surface area contributed by atoms with Crippen LogP contribution in [0.25, 0.3) is 0 Å². The molecule has 11 heavy (non-hydrogen) atoms. The van der Waals surface area contributed by atoms with E-state index >= 15 is 0 Å². The molecule has 0 radical (unpaired) electrons. The van der Waals surface area contributed by atoms with Crippen molar-refractivity contribution in [1.29, 1.82) is 0 Å². The molecule has 1 atom stereocenters. The molecule has 3 nitrogen and oxygen atoms in total. The largest absolute Gasteiger partial charge is 0.449 e. The van der Waals surface area contributed by atoms with E-state index in [0.717, 1.165) is 6.42 Å². The number of allylic oxidation sites excluding steroid dienone is 1. The Labute approximate surface area is 66.4 Å². The molecule has 0 bridgehead atoms. The molecule has 0 aromatic heterocycles. The highest BCUT2D eigenvalue weighted by molar-refractivity contribution is 5.68. The molecule has 0 aliphatic carbocycles. The molecule has 0 saturated carbocycles. The lowest BCUT2D eigenvalue weighted by Gasteiger charge is -2.20. The maximum Gasteiger partial charge on any atom is 0.407 e. The van der Waals surface area contributed by atoms with Crippen LogP contribution in [-0.2, 0) is 4.74 Å². The third kappa shape index (κ3) is 2.62. The van der Waals surface area contributed by atoms with Crippen molar-refractivity contribution >= 4 is 6.09 Å². The number of rotatable bonds is 1. The van der Waals surface area contributed by atoms with Crippen molar-refractivity contribution in [2.75, 3.05) is 6.61 Å². The van der Waals surface area contributed by atoms with Gasteiger partial charge in [0.25, 0.3) is 0 Å². The number of hydrogen-bond donors (Lipinski definition) is 1. The number of alkyl carbamates (subject to hydrolysis) is 1. The van der Waals surface area contributed by atoms with Crippen molar-refractivity contribution < 1.29 is 9.53 Å². The van der Waals surface area contributed by atoms with E-state index in [-0.39, 0.29) is 12.1 Å². The summed E-state index contributed by atoms with van der Waals surface area (Å²) in [5, 5.41) is 2.71. The molecular weight excluding hydrogens is 142 g/mol. The number of hydrogen-bond acceptors (Lipinski definition) is 2. The van der Waals surface area contributed by atoms with Gasteiger partial charge in [0.05, 0.1) is 12.6 Å². The van der Waals surface area contributed by atoms with Crippen molar-refractivity contribution in [3.8, 4) is 0 Å². The minimum absolute atomic E-state index is 0.168. The number of carbonyl (C=O) groups is 1. The molecule has 1 amide bonds. The third-order valence-electron chi connectivity index (χ3n) is 1.50. The normalized spacial score (nSPS) is 23.5. The summed E-state index contributed by atoms with van der Waals surface area (Å²) in [6.45, 7) is 4.56. The fourth-order valence-corrected chi connectivity index (χ4v) is 1.07. The Bertz CT molecular complexity index is 183. The van der Waals surface area contributed by atoms with Gasteiger partial charge in [-0.1, -0.05) is 11.6 Å². The van der Waals surface area contributed by atoms with Crippen LogP contribution in [0.5, 0.6) is 0 Å². The molecular formula is C8H13NO2. The first-order valence-corrected chi connectivity index (χ1v) is 3.77. The second kappa shape index (κ2) is 3.42. The summed E-state index contributed by atoms with van der Waals surface area (Å²) in [6, 6.07) is 0.168. The molecule has 0 aromatic rings. The predicted molar refractivity (Wildman–Crippen MR) is 42.3 cm³/mol. The van der Waals surface area contributed by atoms with Gasteiger partial charge < -0.3 is 10.1 Å². The van der Waals surface area contributed by atoms with Gasteiger partial charge in [0, 0.05) is 6.42 Å². The fourth-order valence-electron chi connectivity index (χ4n) is 1.07. The summed E-state index contributed by atoms with van der Waals surface area (Å²) < 4.78 is 4.71. The van der Waals surface area contributed by atoms with Crippen LogP contribution in [0.15, 0.2) is 11.6 Å². The molecule has 1 aliphatic heterocycles. The van der Waals surface area contributed by atoms with Crippen LogP contribution < -0.4 is 5.32 Å². The zero-order valence-corrected chi connectivity index (χ0v) is 6.89. The molecule has 62 valence electrons. The minimum Gasteiger partial charge on any atom is -0.449 e. The molecule has 1 heterocycles. The van der Waals surface area contributed by atoms with Gasteiger partial charge in [0.15, 0.2) is 0 Å². The summed E-state index contributed by atoms with van der Waals surface area (Å²) >= 11 is 0. The SMILES string of the molecule is CC(C)=C[C@@H]1CCOC(=O)N1. The van der Waals surface area contributed by atoms with E-state index < -0.39 is 0 Å². The smallest absolute Gasteiger partial charge is 0.407 e. The van der Waals surface area contributed by atoms with Gasteiger partial charge in [-0.3, -0.25) is 0 Å². The molecule has 1 rings (SSSR count). The number of ether oxygens (including phenoxy) is 1. The maximum absolute atomic E-state index is 10.7. The molecule has 1 aliphatic rings. The Morgan fingerprint density at radius 3 is 3.00 bits per heavy atom. The second-order valence-corrected chi connectivity index (χ2v) is 2.92. The number of nitrogens with one attached hydrogen (secondary N) is 1. The zero-order valence-electron chi connectivity index (χ0n) is 6.89. The first-order valence-electron chi connectivity index (χ1n) is 3.77. The monoisotopic (exact) mass is 155 g/mol. The van der Waals surface area contributed by atoms with E-state index in [1.807, 2.05) is 19.9 Å². The summed E-state index contributed by atoms with van der Waals surface area (Å²) in [5.41, 5.74) is 1.22. The lowest BCUT2D eigenvalue weighted by Crippen LogP contribution is -2.40. The Kier molecular flexibility index (Phi) is 2.52. The van der Waals surface area contributed by atoms with Crippen LogP contribution >= 0.6 is 0 Å². The highest BCUT2D eigenvalue weighted by atomic mass is 16.5. The van der Waals surface area contributed by atoms with Crippen LogP contribution in [-0.4, -0.2) is 18.7 Å². The second-order valence-electron chi connectivity index (χ2n) is 2.92. The van der Waals surface area contributed by atoms with Crippen LogP contribution in [0.4, 0.5) is 4.79 Å². The first-order chi connectivity index (χ1) is 5.18. The van der Waals surface area contributed by atoms with Gasteiger partial charge in [0.1, 0.15) is 0 Å². The number of cyclic esters (lactones) is 1. The van der Waals surface area contributed by atoms with E-state index in [4.69, 9.17) is 4.74 Å².